The molecule has 4 aromatic rings. The number of rotatable bonds is 12. The van der Waals surface area contributed by atoms with Crippen molar-refractivity contribution in [2.45, 2.75) is 32.7 Å². The van der Waals surface area contributed by atoms with Gasteiger partial charge >= 0.3 is 0 Å². The molecule has 0 aliphatic rings. The molecule has 0 atom stereocenters. The summed E-state index contributed by atoms with van der Waals surface area (Å²) in [7, 11) is 0. The van der Waals surface area contributed by atoms with Crippen LogP contribution in [0.5, 0.6) is 11.5 Å². The number of aromatic nitrogens is 2. The molecule has 0 aliphatic heterocycles. The minimum Gasteiger partial charge on any atom is -0.494 e. The van der Waals surface area contributed by atoms with Gasteiger partial charge in [-0.1, -0.05) is 48.0 Å². The molecule has 3 aromatic carbocycles. The molecule has 0 fully saturated rings. The maximum Gasteiger partial charge on any atom is 0.257 e. The largest absolute Gasteiger partial charge is 0.494 e. The van der Waals surface area contributed by atoms with E-state index in [4.69, 9.17) is 14.5 Å². The van der Waals surface area contributed by atoms with Crippen molar-refractivity contribution in [2.75, 3.05) is 19.8 Å². The van der Waals surface area contributed by atoms with Crippen LogP contribution in [0.15, 0.2) is 78.9 Å². The number of ether oxygens (including phenoxy) is 2. The minimum atomic E-state index is -0.139. The molecule has 0 saturated carbocycles. The van der Waals surface area contributed by atoms with E-state index in [0.29, 0.717) is 25.3 Å². The summed E-state index contributed by atoms with van der Waals surface area (Å²) in [6, 6.07) is 25.7. The van der Waals surface area contributed by atoms with E-state index in [2.05, 4.69) is 35.0 Å². The van der Waals surface area contributed by atoms with Crippen LogP contribution in [-0.4, -0.2) is 35.2 Å². The third kappa shape index (κ3) is 6.61. The predicted octanol–water partition coefficient (Wildman–Crippen LogP) is 4.94. The SMILES string of the molecule is Cc1ccc(OCCCCn2c(CCNC(=O)COc3ccccc3)nc3ccccc32)cc1. The highest BCUT2D eigenvalue weighted by Gasteiger charge is 2.11. The monoisotopic (exact) mass is 457 g/mol. The smallest absolute Gasteiger partial charge is 0.257 e. The summed E-state index contributed by atoms with van der Waals surface area (Å²) >= 11 is 0. The van der Waals surface area contributed by atoms with E-state index in [0.717, 1.165) is 42.0 Å². The zero-order valence-electron chi connectivity index (χ0n) is 19.6. The van der Waals surface area contributed by atoms with Crippen LogP contribution >= 0.6 is 0 Å². The Morgan fingerprint density at radius 2 is 1.62 bits per heavy atom. The van der Waals surface area contributed by atoms with Crippen LogP contribution in [0.3, 0.4) is 0 Å². The highest BCUT2D eigenvalue weighted by atomic mass is 16.5. The van der Waals surface area contributed by atoms with Gasteiger partial charge in [0, 0.05) is 19.5 Å². The van der Waals surface area contributed by atoms with Crippen LogP contribution in [0.1, 0.15) is 24.2 Å². The third-order valence-corrected chi connectivity index (χ3v) is 5.58. The highest BCUT2D eigenvalue weighted by Crippen LogP contribution is 2.18. The topological polar surface area (TPSA) is 65.4 Å². The Balaban J connectivity index is 1.26. The zero-order chi connectivity index (χ0) is 23.6. The number of aryl methyl sites for hydroxylation is 2. The van der Waals surface area contributed by atoms with Crippen LogP contribution in [0.2, 0.25) is 0 Å². The Kier molecular flexibility index (Phi) is 8.17. The van der Waals surface area contributed by atoms with E-state index < -0.39 is 0 Å². The van der Waals surface area contributed by atoms with Crippen molar-refractivity contribution < 1.29 is 14.3 Å². The summed E-state index contributed by atoms with van der Waals surface area (Å²) in [5.74, 6) is 2.43. The number of imidazole rings is 1. The van der Waals surface area contributed by atoms with E-state index in [-0.39, 0.29) is 12.5 Å². The number of unbranched alkanes of at least 4 members (excludes halogenated alkanes) is 1. The molecule has 0 unspecified atom stereocenters. The normalized spacial score (nSPS) is 10.9. The first kappa shape index (κ1) is 23.4. The molecule has 4 rings (SSSR count). The number of nitrogens with one attached hydrogen (secondary N) is 1. The predicted molar refractivity (Wildman–Crippen MR) is 134 cm³/mol. The molecule has 6 nitrogen and oxygen atoms in total. The lowest BCUT2D eigenvalue weighted by molar-refractivity contribution is -0.123. The Labute approximate surface area is 200 Å². The number of hydrogen-bond donors (Lipinski definition) is 1. The summed E-state index contributed by atoms with van der Waals surface area (Å²) in [6.45, 7) is 4.12. The van der Waals surface area contributed by atoms with Gasteiger partial charge < -0.3 is 19.4 Å². The van der Waals surface area contributed by atoms with E-state index in [1.54, 1.807) is 0 Å². The van der Waals surface area contributed by atoms with Crippen LogP contribution in [0.4, 0.5) is 0 Å². The number of para-hydroxylation sites is 3. The average Bonchev–Trinajstić information content (AvgIpc) is 3.21. The van der Waals surface area contributed by atoms with Crippen LogP contribution < -0.4 is 14.8 Å². The van der Waals surface area contributed by atoms with Crippen molar-refractivity contribution in [3.8, 4) is 11.5 Å². The number of carbonyl (C=O) groups is 1. The van der Waals surface area contributed by atoms with Gasteiger partial charge in [0.2, 0.25) is 0 Å². The quantitative estimate of drug-likeness (QED) is 0.306. The van der Waals surface area contributed by atoms with Crippen LogP contribution in [0.25, 0.3) is 11.0 Å². The Morgan fingerprint density at radius 3 is 2.44 bits per heavy atom. The molecule has 0 radical (unpaired) electrons. The molecular weight excluding hydrogens is 426 g/mol. The Hall–Kier alpha value is -3.80. The summed E-state index contributed by atoms with van der Waals surface area (Å²) in [5.41, 5.74) is 3.33. The summed E-state index contributed by atoms with van der Waals surface area (Å²) in [6.07, 6.45) is 2.59. The van der Waals surface area contributed by atoms with Crippen molar-refractivity contribution in [3.05, 3.63) is 90.3 Å². The first-order chi connectivity index (χ1) is 16.7. The molecule has 1 amide bonds. The number of fused-ring (bicyclic) bond motifs is 1. The highest BCUT2D eigenvalue weighted by molar-refractivity contribution is 5.77. The fourth-order valence-corrected chi connectivity index (χ4v) is 3.79. The Morgan fingerprint density at radius 1 is 0.882 bits per heavy atom. The molecule has 0 saturated heterocycles. The summed E-state index contributed by atoms with van der Waals surface area (Å²) in [4.78, 5) is 17.0. The molecule has 1 heterocycles. The van der Waals surface area contributed by atoms with Crippen LogP contribution in [0, 0.1) is 6.92 Å². The number of nitrogens with zero attached hydrogens (tertiary/aromatic N) is 2. The van der Waals surface area contributed by atoms with Crippen molar-refractivity contribution in [1.29, 1.82) is 0 Å². The van der Waals surface area contributed by atoms with E-state index in [9.17, 15) is 4.79 Å². The molecule has 34 heavy (non-hydrogen) atoms. The molecule has 0 spiro atoms. The first-order valence-corrected chi connectivity index (χ1v) is 11.8. The number of hydrogen-bond acceptors (Lipinski definition) is 4. The van der Waals surface area contributed by atoms with E-state index in [1.165, 1.54) is 5.56 Å². The molecule has 0 bridgehead atoms. The molecular formula is C28H31N3O3. The van der Waals surface area contributed by atoms with Gasteiger partial charge in [-0.2, -0.15) is 0 Å². The van der Waals surface area contributed by atoms with Gasteiger partial charge in [0.05, 0.1) is 17.6 Å². The fourth-order valence-electron chi connectivity index (χ4n) is 3.79. The molecule has 176 valence electrons. The van der Waals surface area contributed by atoms with Gasteiger partial charge in [0.15, 0.2) is 6.61 Å². The molecule has 6 heteroatoms. The lowest BCUT2D eigenvalue weighted by atomic mass is 10.2. The lowest BCUT2D eigenvalue weighted by Crippen LogP contribution is -2.31. The van der Waals surface area contributed by atoms with Crippen LogP contribution in [-0.2, 0) is 17.8 Å². The second kappa shape index (κ2) is 11.9. The van der Waals surface area contributed by atoms with Crippen molar-refractivity contribution >= 4 is 16.9 Å². The van der Waals surface area contributed by atoms with Gasteiger partial charge in [-0.15, -0.1) is 0 Å². The molecule has 1 aromatic heterocycles. The standard InChI is InChI=1S/C28H31N3O3/c1-22-13-15-24(16-14-22)33-20-8-7-19-31-26-12-6-5-11-25(26)30-27(31)17-18-29-28(32)21-34-23-9-3-2-4-10-23/h2-6,9-16H,7-8,17-21H2,1H3,(H,29,32). The maximum absolute atomic E-state index is 12.2. The van der Waals surface area contributed by atoms with Gasteiger partial charge in [-0.05, 0) is 56.2 Å². The van der Waals surface area contributed by atoms with E-state index >= 15 is 0 Å². The first-order valence-electron chi connectivity index (χ1n) is 11.8. The minimum absolute atomic E-state index is 0.00140. The number of benzene rings is 3. The number of amides is 1. The second-order valence-corrected chi connectivity index (χ2v) is 8.24. The summed E-state index contributed by atoms with van der Waals surface area (Å²) < 4.78 is 13.6. The lowest BCUT2D eigenvalue weighted by Gasteiger charge is -2.11. The van der Waals surface area contributed by atoms with Crippen molar-refractivity contribution in [1.82, 2.24) is 14.9 Å². The molecule has 1 N–H and O–H groups in total. The van der Waals surface area contributed by atoms with Crippen molar-refractivity contribution in [2.24, 2.45) is 0 Å². The second-order valence-electron chi connectivity index (χ2n) is 8.24. The Bertz CT molecular complexity index is 1190. The van der Waals surface area contributed by atoms with Gasteiger partial charge in [-0.3, -0.25) is 4.79 Å². The van der Waals surface area contributed by atoms with Gasteiger partial charge in [0.25, 0.3) is 5.91 Å². The number of carbonyl (C=O) groups excluding carboxylic acids is 1. The average molecular weight is 458 g/mol. The molecule has 0 aliphatic carbocycles. The third-order valence-electron chi connectivity index (χ3n) is 5.58. The van der Waals surface area contributed by atoms with Gasteiger partial charge in [0.1, 0.15) is 17.3 Å². The fraction of sp³-hybridized carbons (Fsp3) is 0.286. The maximum atomic E-state index is 12.2. The zero-order valence-corrected chi connectivity index (χ0v) is 19.6. The summed E-state index contributed by atoms with van der Waals surface area (Å²) in [5, 5.41) is 2.93. The van der Waals surface area contributed by atoms with Crippen molar-refractivity contribution in [3.63, 3.8) is 0 Å². The van der Waals surface area contributed by atoms with E-state index in [1.807, 2.05) is 60.7 Å². The van der Waals surface area contributed by atoms with Gasteiger partial charge in [-0.25, -0.2) is 4.98 Å².